The van der Waals surface area contributed by atoms with E-state index in [1.54, 1.807) is 6.07 Å². The minimum absolute atomic E-state index is 0.0914. The van der Waals surface area contributed by atoms with Crippen molar-refractivity contribution in [2.24, 2.45) is 0 Å². The quantitative estimate of drug-likeness (QED) is 0.913. The van der Waals surface area contributed by atoms with Gasteiger partial charge in [0.05, 0.1) is 7.11 Å². The molecule has 2 rings (SSSR count). The van der Waals surface area contributed by atoms with E-state index in [2.05, 4.69) is 21.2 Å². The molecule has 0 unspecified atom stereocenters. The van der Waals surface area contributed by atoms with Gasteiger partial charge in [0.15, 0.2) is 11.6 Å². The van der Waals surface area contributed by atoms with Gasteiger partial charge in [0, 0.05) is 21.8 Å². The average molecular weight is 338 g/mol. The second-order valence-corrected chi connectivity index (χ2v) is 5.18. The van der Waals surface area contributed by atoms with Crippen molar-refractivity contribution < 1.29 is 13.9 Å². The predicted octanol–water partition coefficient (Wildman–Crippen LogP) is 4.16. The molecule has 5 heteroatoms. The molecule has 0 aliphatic carbocycles. The van der Waals surface area contributed by atoms with E-state index in [0.717, 1.165) is 10.0 Å². The average Bonchev–Trinajstić information content (AvgIpc) is 2.43. The lowest BCUT2D eigenvalue weighted by atomic mass is 10.1. The number of hydrogen-bond donors (Lipinski definition) is 1. The highest BCUT2D eigenvalue weighted by atomic mass is 79.9. The highest BCUT2D eigenvalue weighted by molar-refractivity contribution is 9.10. The molecular formula is C15H13BrFNO2. The van der Waals surface area contributed by atoms with Gasteiger partial charge in [-0.1, -0.05) is 22.0 Å². The van der Waals surface area contributed by atoms with Crippen molar-refractivity contribution >= 4 is 27.5 Å². The van der Waals surface area contributed by atoms with Crippen molar-refractivity contribution in [2.75, 3.05) is 12.4 Å². The highest BCUT2D eigenvalue weighted by Crippen LogP contribution is 2.23. The zero-order valence-electron chi connectivity index (χ0n) is 11.0. The second kappa shape index (κ2) is 6.05. The van der Waals surface area contributed by atoms with Gasteiger partial charge in [-0.3, -0.25) is 4.79 Å². The van der Waals surface area contributed by atoms with Crippen LogP contribution >= 0.6 is 15.9 Å². The van der Waals surface area contributed by atoms with Gasteiger partial charge in [-0.15, -0.1) is 0 Å². The van der Waals surface area contributed by atoms with Gasteiger partial charge in [0.2, 0.25) is 0 Å². The summed E-state index contributed by atoms with van der Waals surface area (Å²) in [5, 5.41) is 2.72. The first-order valence-corrected chi connectivity index (χ1v) is 6.71. The van der Waals surface area contributed by atoms with E-state index in [-0.39, 0.29) is 11.7 Å². The fourth-order valence-electron chi connectivity index (χ4n) is 1.77. The highest BCUT2D eigenvalue weighted by Gasteiger charge is 2.11. The van der Waals surface area contributed by atoms with Crippen molar-refractivity contribution in [3.8, 4) is 5.75 Å². The standard InChI is InChI=1S/C15H13BrFNO2/c1-9-3-4-10(16)7-12(9)15(19)18-11-5-6-13(17)14(8-11)20-2/h3-8H,1-2H3,(H,18,19). The van der Waals surface area contributed by atoms with Crippen LogP contribution in [0.25, 0.3) is 0 Å². The van der Waals surface area contributed by atoms with Crippen LogP contribution in [0.4, 0.5) is 10.1 Å². The maximum absolute atomic E-state index is 13.3. The van der Waals surface area contributed by atoms with Crippen LogP contribution in [0, 0.1) is 12.7 Å². The van der Waals surface area contributed by atoms with Crippen LogP contribution in [-0.2, 0) is 0 Å². The van der Waals surface area contributed by atoms with E-state index in [4.69, 9.17) is 4.74 Å². The Hall–Kier alpha value is -1.88. The zero-order chi connectivity index (χ0) is 14.7. The number of amides is 1. The first-order chi connectivity index (χ1) is 9.51. The van der Waals surface area contributed by atoms with Crippen molar-refractivity contribution in [2.45, 2.75) is 6.92 Å². The number of carbonyl (C=O) groups is 1. The Labute approximate surface area is 124 Å². The van der Waals surface area contributed by atoms with E-state index >= 15 is 0 Å². The monoisotopic (exact) mass is 337 g/mol. The number of aryl methyl sites for hydroxylation is 1. The second-order valence-electron chi connectivity index (χ2n) is 4.26. The fraction of sp³-hybridized carbons (Fsp3) is 0.133. The third kappa shape index (κ3) is 3.17. The molecular weight excluding hydrogens is 325 g/mol. The van der Waals surface area contributed by atoms with Crippen LogP contribution < -0.4 is 10.1 Å². The predicted molar refractivity (Wildman–Crippen MR) is 79.8 cm³/mol. The first-order valence-electron chi connectivity index (χ1n) is 5.92. The van der Waals surface area contributed by atoms with Crippen molar-refractivity contribution in [3.05, 3.63) is 57.8 Å². The van der Waals surface area contributed by atoms with Gasteiger partial charge in [-0.05, 0) is 36.8 Å². The first kappa shape index (κ1) is 14.5. The van der Waals surface area contributed by atoms with Gasteiger partial charge in [-0.25, -0.2) is 4.39 Å². The summed E-state index contributed by atoms with van der Waals surface area (Å²) in [5.74, 6) is -0.629. The van der Waals surface area contributed by atoms with Crippen LogP contribution in [0.2, 0.25) is 0 Å². The Balaban J connectivity index is 2.25. The summed E-state index contributed by atoms with van der Waals surface area (Å²) in [6.07, 6.45) is 0. The van der Waals surface area contributed by atoms with Gasteiger partial charge in [0.25, 0.3) is 5.91 Å². The third-order valence-electron chi connectivity index (χ3n) is 2.85. The number of rotatable bonds is 3. The Morgan fingerprint density at radius 3 is 2.70 bits per heavy atom. The Bertz CT molecular complexity index is 658. The normalized spacial score (nSPS) is 10.2. The molecule has 20 heavy (non-hydrogen) atoms. The summed E-state index contributed by atoms with van der Waals surface area (Å²) in [4.78, 5) is 12.2. The van der Waals surface area contributed by atoms with Crippen LogP contribution in [0.15, 0.2) is 40.9 Å². The lowest BCUT2D eigenvalue weighted by Crippen LogP contribution is -2.13. The lowest BCUT2D eigenvalue weighted by Gasteiger charge is -2.10. The Morgan fingerprint density at radius 1 is 1.25 bits per heavy atom. The van der Waals surface area contributed by atoms with E-state index in [1.165, 1.54) is 25.3 Å². The number of benzene rings is 2. The number of anilines is 1. The molecule has 2 aromatic carbocycles. The number of halogens is 2. The van der Waals surface area contributed by atoms with E-state index < -0.39 is 5.82 Å². The summed E-state index contributed by atoms with van der Waals surface area (Å²) in [6, 6.07) is 9.65. The van der Waals surface area contributed by atoms with Crippen LogP contribution in [0.5, 0.6) is 5.75 Å². The SMILES string of the molecule is COc1cc(NC(=O)c2cc(Br)ccc2C)ccc1F. The molecule has 0 heterocycles. The number of nitrogens with one attached hydrogen (secondary N) is 1. The molecule has 0 saturated heterocycles. The maximum Gasteiger partial charge on any atom is 0.255 e. The smallest absolute Gasteiger partial charge is 0.255 e. The lowest BCUT2D eigenvalue weighted by molar-refractivity contribution is 0.102. The molecule has 0 spiro atoms. The summed E-state index contributed by atoms with van der Waals surface area (Å²) in [6.45, 7) is 1.85. The molecule has 0 saturated carbocycles. The Morgan fingerprint density at radius 2 is 2.00 bits per heavy atom. The molecule has 0 aliphatic heterocycles. The molecule has 3 nitrogen and oxygen atoms in total. The summed E-state index contributed by atoms with van der Waals surface area (Å²) in [7, 11) is 1.38. The number of ether oxygens (including phenoxy) is 1. The molecule has 2 aromatic rings. The molecule has 1 amide bonds. The van der Waals surface area contributed by atoms with E-state index in [1.807, 2.05) is 19.1 Å². The van der Waals surface area contributed by atoms with Crippen LogP contribution in [0.1, 0.15) is 15.9 Å². The number of hydrogen-bond acceptors (Lipinski definition) is 2. The van der Waals surface area contributed by atoms with Crippen LogP contribution in [-0.4, -0.2) is 13.0 Å². The van der Waals surface area contributed by atoms with Gasteiger partial charge < -0.3 is 10.1 Å². The number of carbonyl (C=O) groups excluding carboxylic acids is 1. The molecule has 104 valence electrons. The Kier molecular flexibility index (Phi) is 4.39. The number of methoxy groups -OCH3 is 1. The zero-order valence-corrected chi connectivity index (χ0v) is 12.6. The van der Waals surface area contributed by atoms with E-state index in [0.29, 0.717) is 11.3 Å². The van der Waals surface area contributed by atoms with Gasteiger partial charge >= 0.3 is 0 Å². The molecule has 1 N–H and O–H groups in total. The van der Waals surface area contributed by atoms with Gasteiger partial charge in [0.1, 0.15) is 0 Å². The maximum atomic E-state index is 13.3. The van der Waals surface area contributed by atoms with Gasteiger partial charge in [-0.2, -0.15) is 0 Å². The van der Waals surface area contributed by atoms with Crippen molar-refractivity contribution in [1.82, 2.24) is 0 Å². The summed E-state index contributed by atoms with van der Waals surface area (Å²) in [5.41, 5.74) is 1.90. The third-order valence-corrected chi connectivity index (χ3v) is 3.35. The minimum atomic E-state index is -0.468. The molecule has 0 atom stereocenters. The van der Waals surface area contributed by atoms with Crippen molar-refractivity contribution in [1.29, 1.82) is 0 Å². The molecule has 0 aromatic heterocycles. The van der Waals surface area contributed by atoms with E-state index in [9.17, 15) is 9.18 Å². The minimum Gasteiger partial charge on any atom is -0.494 e. The summed E-state index contributed by atoms with van der Waals surface area (Å²) >= 11 is 3.33. The largest absolute Gasteiger partial charge is 0.494 e. The molecule has 0 bridgehead atoms. The topological polar surface area (TPSA) is 38.3 Å². The molecule has 0 radical (unpaired) electrons. The summed E-state index contributed by atoms with van der Waals surface area (Å²) < 4.78 is 19.0. The molecule has 0 aliphatic rings. The fourth-order valence-corrected chi connectivity index (χ4v) is 2.14. The molecule has 0 fully saturated rings. The van der Waals surface area contributed by atoms with Crippen molar-refractivity contribution in [3.63, 3.8) is 0 Å². The van der Waals surface area contributed by atoms with Crippen LogP contribution in [0.3, 0.4) is 0 Å².